The van der Waals surface area contributed by atoms with Gasteiger partial charge in [-0.2, -0.15) is 0 Å². The predicted molar refractivity (Wildman–Crippen MR) is 114 cm³/mol. The Hall–Kier alpha value is -3.32. The molecule has 0 radical (unpaired) electrons. The van der Waals surface area contributed by atoms with Crippen molar-refractivity contribution in [3.63, 3.8) is 0 Å². The van der Waals surface area contributed by atoms with Crippen LogP contribution in [0.1, 0.15) is 12.5 Å². The molecular weight excluding hydrogens is 314 g/mol. The van der Waals surface area contributed by atoms with Crippen molar-refractivity contribution < 1.29 is 0 Å². The van der Waals surface area contributed by atoms with Crippen molar-refractivity contribution in [2.45, 2.75) is 6.92 Å². The third-order valence-electron chi connectivity index (χ3n) is 4.17. The Bertz CT molecular complexity index is 901. The molecule has 0 spiro atoms. The van der Waals surface area contributed by atoms with Crippen molar-refractivity contribution in [2.75, 3.05) is 5.32 Å². The standard InChI is InChI=1S/C25H23N/c1-3-21(22-10-6-4-7-11-22)15-14-20(2)26-25-18-16-24(17-19-25)23-12-8-5-9-13-23/h3-19,26H,1H2,2H3/b20-14+,21-15+. The van der Waals surface area contributed by atoms with Gasteiger partial charge in [0.2, 0.25) is 0 Å². The predicted octanol–water partition coefficient (Wildman–Crippen LogP) is 6.94. The maximum Gasteiger partial charge on any atom is 0.0382 e. The Morgan fingerprint density at radius 3 is 1.92 bits per heavy atom. The Morgan fingerprint density at radius 2 is 1.31 bits per heavy atom. The summed E-state index contributed by atoms with van der Waals surface area (Å²) >= 11 is 0. The van der Waals surface area contributed by atoms with Crippen LogP contribution < -0.4 is 5.32 Å². The van der Waals surface area contributed by atoms with Crippen molar-refractivity contribution in [2.24, 2.45) is 0 Å². The summed E-state index contributed by atoms with van der Waals surface area (Å²) in [6.45, 7) is 5.98. The normalized spacial score (nSPS) is 11.9. The Labute approximate surface area is 156 Å². The highest BCUT2D eigenvalue weighted by atomic mass is 14.9. The molecule has 3 rings (SSSR count). The molecule has 0 amide bonds. The second-order valence-corrected chi connectivity index (χ2v) is 6.11. The molecule has 128 valence electrons. The van der Waals surface area contributed by atoms with E-state index in [1.54, 1.807) is 0 Å². The van der Waals surface area contributed by atoms with Crippen molar-refractivity contribution in [1.29, 1.82) is 0 Å². The van der Waals surface area contributed by atoms with Crippen molar-refractivity contribution >= 4 is 11.3 Å². The molecule has 0 heterocycles. The first-order valence-corrected chi connectivity index (χ1v) is 8.75. The zero-order chi connectivity index (χ0) is 18.2. The lowest BCUT2D eigenvalue weighted by Crippen LogP contribution is -1.94. The molecular formula is C25H23N. The maximum absolute atomic E-state index is 3.92. The zero-order valence-corrected chi connectivity index (χ0v) is 15.0. The van der Waals surface area contributed by atoms with E-state index in [2.05, 4.69) is 91.6 Å². The highest BCUT2D eigenvalue weighted by Crippen LogP contribution is 2.22. The van der Waals surface area contributed by atoms with Crippen LogP contribution >= 0.6 is 0 Å². The largest absolute Gasteiger partial charge is 0.359 e. The zero-order valence-electron chi connectivity index (χ0n) is 15.0. The van der Waals surface area contributed by atoms with E-state index in [0.29, 0.717) is 0 Å². The number of hydrogen-bond donors (Lipinski definition) is 1. The van der Waals surface area contributed by atoms with Gasteiger partial charge in [0.1, 0.15) is 0 Å². The minimum absolute atomic E-state index is 1.08. The first kappa shape index (κ1) is 17.5. The summed E-state index contributed by atoms with van der Waals surface area (Å²) in [5, 5.41) is 3.43. The lowest BCUT2D eigenvalue weighted by atomic mass is 10.1. The monoisotopic (exact) mass is 337 g/mol. The van der Waals surface area contributed by atoms with E-state index in [1.807, 2.05) is 30.3 Å². The van der Waals surface area contributed by atoms with E-state index < -0.39 is 0 Å². The molecule has 0 aliphatic carbocycles. The van der Waals surface area contributed by atoms with Crippen LogP contribution in [0.15, 0.2) is 115 Å². The molecule has 0 atom stereocenters. The van der Waals surface area contributed by atoms with Gasteiger partial charge < -0.3 is 5.32 Å². The number of benzene rings is 3. The molecule has 0 bridgehead atoms. The van der Waals surface area contributed by atoms with Gasteiger partial charge in [-0.3, -0.25) is 0 Å². The van der Waals surface area contributed by atoms with Crippen LogP contribution in [-0.4, -0.2) is 0 Å². The lowest BCUT2D eigenvalue weighted by molar-refractivity contribution is 1.37. The maximum atomic E-state index is 3.92. The van der Waals surface area contributed by atoms with Gasteiger partial charge in [0.05, 0.1) is 0 Å². The molecule has 3 aromatic carbocycles. The smallest absolute Gasteiger partial charge is 0.0382 e. The molecule has 1 N–H and O–H groups in total. The number of rotatable bonds is 6. The average molecular weight is 337 g/mol. The molecule has 1 nitrogen and oxygen atoms in total. The molecule has 0 aromatic heterocycles. The van der Waals surface area contributed by atoms with Crippen LogP contribution in [0.2, 0.25) is 0 Å². The summed E-state index contributed by atoms with van der Waals surface area (Å²) in [5.74, 6) is 0. The van der Waals surface area contributed by atoms with E-state index in [9.17, 15) is 0 Å². The van der Waals surface area contributed by atoms with Gasteiger partial charge in [0.25, 0.3) is 0 Å². The van der Waals surface area contributed by atoms with Gasteiger partial charge in [-0.15, -0.1) is 0 Å². The van der Waals surface area contributed by atoms with Crippen LogP contribution in [0.5, 0.6) is 0 Å². The molecule has 3 aromatic rings. The van der Waals surface area contributed by atoms with E-state index in [4.69, 9.17) is 0 Å². The Kier molecular flexibility index (Phi) is 5.84. The highest BCUT2D eigenvalue weighted by molar-refractivity contribution is 5.75. The SMILES string of the molecule is C=C/C(=C\C=C(/C)Nc1ccc(-c2ccccc2)cc1)c1ccccc1. The summed E-state index contributed by atoms with van der Waals surface area (Å²) in [7, 11) is 0. The van der Waals surface area contributed by atoms with Crippen LogP contribution in [0.3, 0.4) is 0 Å². The third-order valence-corrected chi connectivity index (χ3v) is 4.17. The fourth-order valence-electron chi connectivity index (χ4n) is 2.77. The second-order valence-electron chi connectivity index (χ2n) is 6.11. The van der Waals surface area contributed by atoms with Crippen LogP contribution in [0, 0.1) is 0 Å². The molecule has 0 aliphatic heterocycles. The molecule has 0 aliphatic rings. The number of allylic oxidation sites excluding steroid dienone is 5. The van der Waals surface area contributed by atoms with Crippen molar-refractivity contribution in [1.82, 2.24) is 0 Å². The number of nitrogens with one attached hydrogen (secondary N) is 1. The quantitative estimate of drug-likeness (QED) is 0.480. The van der Waals surface area contributed by atoms with E-state index in [0.717, 1.165) is 17.0 Å². The molecule has 1 heteroatoms. The number of anilines is 1. The lowest BCUT2D eigenvalue weighted by Gasteiger charge is -2.08. The van der Waals surface area contributed by atoms with E-state index in [-0.39, 0.29) is 0 Å². The summed E-state index contributed by atoms with van der Waals surface area (Å²) in [6.07, 6.45) is 6.05. The minimum atomic E-state index is 1.08. The average Bonchev–Trinajstić information content (AvgIpc) is 2.70. The fourth-order valence-corrected chi connectivity index (χ4v) is 2.77. The van der Waals surface area contributed by atoms with Gasteiger partial charge >= 0.3 is 0 Å². The first-order chi connectivity index (χ1) is 12.8. The van der Waals surface area contributed by atoms with E-state index >= 15 is 0 Å². The topological polar surface area (TPSA) is 12.0 Å². The summed E-state index contributed by atoms with van der Waals surface area (Å²) in [5.41, 5.74) is 6.87. The van der Waals surface area contributed by atoms with Gasteiger partial charge in [0.15, 0.2) is 0 Å². The fraction of sp³-hybridized carbons (Fsp3) is 0.0400. The summed E-state index contributed by atoms with van der Waals surface area (Å²) in [6, 6.07) is 29.2. The first-order valence-electron chi connectivity index (χ1n) is 8.75. The Balaban J connectivity index is 1.71. The minimum Gasteiger partial charge on any atom is -0.359 e. The van der Waals surface area contributed by atoms with Gasteiger partial charge in [-0.05, 0) is 47.4 Å². The molecule has 0 saturated heterocycles. The molecule has 0 fully saturated rings. The van der Waals surface area contributed by atoms with Gasteiger partial charge in [-0.1, -0.05) is 91.5 Å². The second kappa shape index (κ2) is 8.68. The van der Waals surface area contributed by atoms with E-state index in [1.165, 1.54) is 16.7 Å². The molecule has 26 heavy (non-hydrogen) atoms. The Morgan fingerprint density at radius 1 is 0.731 bits per heavy atom. The van der Waals surface area contributed by atoms with Crippen LogP contribution in [-0.2, 0) is 0 Å². The van der Waals surface area contributed by atoms with Crippen LogP contribution in [0.4, 0.5) is 5.69 Å². The van der Waals surface area contributed by atoms with Crippen molar-refractivity contribution in [3.05, 3.63) is 121 Å². The van der Waals surface area contributed by atoms with Gasteiger partial charge in [-0.25, -0.2) is 0 Å². The van der Waals surface area contributed by atoms with Crippen LogP contribution in [0.25, 0.3) is 16.7 Å². The third kappa shape index (κ3) is 4.61. The number of hydrogen-bond acceptors (Lipinski definition) is 1. The van der Waals surface area contributed by atoms with Crippen molar-refractivity contribution in [3.8, 4) is 11.1 Å². The molecule has 0 saturated carbocycles. The molecule has 0 unspecified atom stereocenters. The summed E-state index contributed by atoms with van der Waals surface area (Å²) < 4.78 is 0. The highest BCUT2D eigenvalue weighted by Gasteiger charge is 1.98. The van der Waals surface area contributed by atoms with Gasteiger partial charge in [0, 0.05) is 11.4 Å². The summed E-state index contributed by atoms with van der Waals surface area (Å²) in [4.78, 5) is 0.